The predicted octanol–water partition coefficient (Wildman–Crippen LogP) is 2.32. The molecule has 0 atom stereocenters. The number of nitrogens with zero attached hydrogens (tertiary/aromatic N) is 3. The number of imidazole rings is 1. The number of rotatable bonds is 3. The lowest BCUT2D eigenvalue weighted by Gasteiger charge is -2.05. The Bertz CT molecular complexity index is 570. The maximum atomic E-state index is 10.9. The number of aromatic carboxylic acids is 1. The van der Waals surface area contributed by atoms with Gasteiger partial charge in [0.05, 0.1) is 10.6 Å². The van der Waals surface area contributed by atoms with Crippen LogP contribution in [0.1, 0.15) is 10.4 Å². The topological polar surface area (TPSA) is 68.0 Å². The van der Waals surface area contributed by atoms with Gasteiger partial charge in [0.1, 0.15) is 5.03 Å². The van der Waals surface area contributed by atoms with E-state index in [1.807, 2.05) is 7.05 Å². The van der Waals surface area contributed by atoms with Crippen molar-refractivity contribution in [3.8, 4) is 0 Å². The molecule has 0 amide bonds. The first-order valence-corrected chi connectivity index (χ1v) is 5.82. The van der Waals surface area contributed by atoms with Crippen LogP contribution in [-0.2, 0) is 7.05 Å². The maximum absolute atomic E-state index is 10.9. The fraction of sp³-hybridized carbons (Fsp3) is 0.100. The summed E-state index contributed by atoms with van der Waals surface area (Å²) in [6, 6.07) is 1.37. The van der Waals surface area contributed by atoms with Crippen LogP contribution in [0.2, 0.25) is 5.02 Å². The van der Waals surface area contributed by atoms with Crippen LogP contribution in [0.25, 0.3) is 0 Å². The first kappa shape index (κ1) is 11.9. The molecule has 0 fully saturated rings. The molecule has 0 aliphatic carbocycles. The Labute approximate surface area is 106 Å². The Morgan fingerprint density at radius 1 is 1.47 bits per heavy atom. The van der Waals surface area contributed by atoms with Crippen molar-refractivity contribution in [1.82, 2.24) is 14.5 Å². The van der Waals surface area contributed by atoms with Gasteiger partial charge in [0, 0.05) is 25.6 Å². The van der Waals surface area contributed by atoms with Gasteiger partial charge in [-0.15, -0.1) is 0 Å². The molecule has 0 aromatic carbocycles. The molecule has 0 saturated heterocycles. The number of hydrogen-bond acceptors (Lipinski definition) is 4. The molecule has 88 valence electrons. The highest BCUT2D eigenvalue weighted by atomic mass is 35.5. The number of halogens is 1. The lowest BCUT2D eigenvalue weighted by molar-refractivity contribution is 0.0696. The van der Waals surface area contributed by atoms with E-state index in [-0.39, 0.29) is 10.6 Å². The van der Waals surface area contributed by atoms with Gasteiger partial charge in [0.2, 0.25) is 0 Å². The van der Waals surface area contributed by atoms with Crippen molar-refractivity contribution in [3.63, 3.8) is 0 Å². The van der Waals surface area contributed by atoms with E-state index in [4.69, 9.17) is 16.7 Å². The first-order chi connectivity index (χ1) is 8.09. The van der Waals surface area contributed by atoms with Gasteiger partial charge >= 0.3 is 5.97 Å². The second kappa shape index (κ2) is 4.77. The van der Waals surface area contributed by atoms with E-state index in [1.54, 1.807) is 17.0 Å². The number of carboxylic acids is 1. The number of hydrogen-bond donors (Lipinski definition) is 1. The molecule has 0 radical (unpaired) electrons. The van der Waals surface area contributed by atoms with E-state index >= 15 is 0 Å². The Morgan fingerprint density at radius 3 is 2.82 bits per heavy atom. The molecule has 7 heteroatoms. The molecular formula is C10H8ClN3O2S. The van der Waals surface area contributed by atoms with Crippen LogP contribution in [-0.4, -0.2) is 25.6 Å². The Balaban J connectivity index is 2.37. The average molecular weight is 270 g/mol. The molecule has 17 heavy (non-hydrogen) atoms. The highest BCUT2D eigenvalue weighted by Gasteiger charge is 2.15. The van der Waals surface area contributed by atoms with Crippen molar-refractivity contribution < 1.29 is 9.90 Å². The second-order valence-electron chi connectivity index (χ2n) is 3.21. The summed E-state index contributed by atoms with van der Waals surface area (Å²) in [5.74, 6) is -1.07. The maximum Gasteiger partial charge on any atom is 0.337 e. The third-order valence-electron chi connectivity index (χ3n) is 2.05. The smallest absolute Gasteiger partial charge is 0.337 e. The molecule has 2 heterocycles. The molecule has 0 aliphatic rings. The summed E-state index contributed by atoms with van der Waals surface area (Å²) in [5, 5.41) is 10.2. The quantitative estimate of drug-likeness (QED) is 0.926. The van der Waals surface area contributed by atoms with Crippen molar-refractivity contribution in [1.29, 1.82) is 0 Å². The fourth-order valence-corrected chi connectivity index (χ4v) is 2.31. The fourth-order valence-electron chi connectivity index (χ4n) is 1.20. The minimum absolute atomic E-state index is 0.0402. The summed E-state index contributed by atoms with van der Waals surface area (Å²) < 4.78 is 1.80. The molecule has 0 saturated carbocycles. The molecule has 5 nitrogen and oxygen atoms in total. The largest absolute Gasteiger partial charge is 0.478 e. The molecule has 2 rings (SSSR count). The van der Waals surface area contributed by atoms with Crippen LogP contribution in [0, 0.1) is 0 Å². The van der Waals surface area contributed by atoms with Crippen molar-refractivity contribution >= 4 is 29.3 Å². The van der Waals surface area contributed by atoms with Gasteiger partial charge in [-0.05, 0) is 17.8 Å². The molecule has 2 aromatic rings. The average Bonchev–Trinajstić information content (AvgIpc) is 2.67. The normalized spacial score (nSPS) is 10.5. The van der Waals surface area contributed by atoms with Crippen molar-refractivity contribution in [2.45, 2.75) is 10.2 Å². The summed E-state index contributed by atoms with van der Waals surface area (Å²) >= 11 is 7.20. The monoisotopic (exact) mass is 269 g/mol. The van der Waals surface area contributed by atoms with E-state index in [1.165, 1.54) is 24.0 Å². The van der Waals surface area contributed by atoms with Crippen LogP contribution in [0.15, 0.2) is 34.8 Å². The molecular weight excluding hydrogens is 262 g/mol. The zero-order chi connectivity index (χ0) is 12.4. The molecule has 0 bridgehead atoms. The molecule has 0 aliphatic heterocycles. The van der Waals surface area contributed by atoms with Gasteiger partial charge in [-0.25, -0.2) is 14.8 Å². The van der Waals surface area contributed by atoms with E-state index in [9.17, 15) is 4.79 Å². The van der Waals surface area contributed by atoms with E-state index < -0.39 is 5.97 Å². The number of aromatic nitrogens is 3. The molecule has 0 spiro atoms. The van der Waals surface area contributed by atoms with Crippen LogP contribution in [0.3, 0.4) is 0 Å². The van der Waals surface area contributed by atoms with Crippen LogP contribution in [0.4, 0.5) is 0 Å². The second-order valence-corrected chi connectivity index (χ2v) is 4.54. The lowest BCUT2D eigenvalue weighted by atomic mass is 10.3. The summed E-state index contributed by atoms with van der Waals surface area (Å²) in [6.07, 6.45) is 4.86. The van der Waals surface area contributed by atoms with Gasteiger partial charge in [-0.2, -0.15) is 0 Å². The minimum Gasteiger partial charge on any atom is -0.478 e. The zero-order valence-corrected chi connectivity index (χ0v) is 10.4. The van der Waals surface area contributed by atoms with Crippen LogP contribution < -0.4 is 0 Å². The standard InChI is InChI=1S/C10H8ClN3O2S/c1-14-5-4-13-10(14)17-8-7(11)6(9(15)16)2-3-12-8/h2-5H,1H3,(H,15,16). The summed E-state index contributed by atoms with van der Waals surface area (Å²) in [4.78, 5) is 19.1. The molecule has 1 N–H and O–H groups in total. The predicted molar refractivity (Wildman–Crippen MR) is 63.5 cm³/mol. The Hall–Kier alpha value is -1.53. The Morgan fingerprint density at radius 2 is 2.24 bits per heavy atom. The SMILES string of the molecule is Cn1ccnc1Sc1nccc(C(=O)O)c1Cl. The van der Waals surface area contributed by atoms with Gasteiger partial charge < -0.3 is 9.67 Å². The van der Waals surface area contributed by atoms with Crippen LogP contribution in [0.5, 0.6) is 0 Å². The number of carbonyl (C=O) groups is 1. The highest BCUT2D eigenvalue weighted by molar-refractivity contribution is 7.99. The summed E-state index contributed by atoms with van der Waals surface area (Å²) in [5.41, 5.74) is 0.0402. The third-order valence-corrected chi connectivity index (χ3v) is 3.63. The van der Waals surface area contributed by atoms with Gasteiger partial charge in [0.25, 0.3) is 0 Å². The van der Waals surface area contributed by atoms with E-state index in [2.05, 4.69) is 9.97 Å². The summed E-state index contributed by atoms with van der Waals surface area (Å²) in [7, 11) is 1.84. The third kappa shape index (κ3) is 2.42. The first-order valence-electron chi connectivity index (χ1n) is 4.62. The highest BCUT2D eigenvalue weighted by Crippen LogP contribution is 2.32. The lowest BCUT2D eigenvalue weighted by Crippen LogP contribution is -1.99. The van der Waals surface area contributed by atoms with Crippen molar-refractivity contribution in [2.75, 3.05) is 0 Å². The van der Waals surface area contributed by atoms with Gasteiger partial charge in [0.15, 0.2) is 5.16 Å². The summed E-state index contributed by atoms with van der Waals surface area (Å²) in [6.45, 7) is 0. The number of carboxylic acid groups (broad SMARTS) is 1. The number of aryl methyl sites for hydroxylation is 1. The van der Waals surface area contributed by atoms with Crippen molar-refractivity contribution in [3.05, 3.63) is 35.2 Å². The molecule has 2 aromatic heterocycles. The van der Waals surface area contributed by atoms with Crippen molar-refractivity contribution in [2.24, 2.45) is 7.05 Å². The van der Waals surface area contributed by atoms with E-state index in [0.717, 1.165) is 0 Å². The minimum atomic E-state index is -1.07. The van der Waals surface area contributed by atoms with Gasteiger partial charge in [-0.1, -0.05) is 11.6 Å². The molecule has 0 unspecified atom stereocenters. The number of pyridine rings is 1. The Kier molecular flexibility index (Phi) is 3.35. The van der Waals surface area contributed by atoms with Gasteiger partial charge in [-0.3, -0.25) is 0 Å². The van der Waals surface area contributed by atoms with E-state index in [0.29, 0.717) is 10.2 Å². The zero-order valence-electron chi connectivity index (χ0n) is 8.79. The van der Waals surface area contributed by atoms with Crippen LogP contribution >= 0.6 is 23.4 Å².